The van der Waals surface area contributed by atoms with Crippen molar-refractivity contribution < 1.29 is 23.9 Å². The minimum Gasteiger partial charge on any atom is -0.493 e. The molecule has 8 nitrogen and oxygen atoms in total. The molecule has 0 aliphatic heterocycles. The van der Waals surface area contributed by atoms with Gasteiger partial charge < -0.3 is 25.8 Å². The van der Waals surface area contributed by atoms with Gasteiger partial charge in [0, 0.05) is 29.3 Å². The van der Waals surface area contributed by atoms with Gasteiger partial charge >= 0.3 is 6.03 Å². The van der Waals surface area contributed by atoms with Gasteiger partial charge in [-0.1, -0.05) is 30.3 Å². The SMILES string of the molecule is COc1cc(C(C)=O)c(C(CCC(N)=O)c2ccc(NC(=O)Nc3ccccc3)cc2)cc1OC. The van der Waals surface area contributed by atoms with E-state index in [4.69, 9.17) is 15.2 Å². The first-order valence-electron chi connectivity index (χ1n) is 11.1. The molecule has 0 heterocycles. The zero-order valence-corrected chi connectivity index (χ0v) is 20.0. The van der Waals surface area contributed by atoms with Crippen molar-refractivity contribution in [1.82, 2.24) is 0 Å². The zero-order valence-electron chi connectivity index (χ0n) is 20.0. The van der Waals surface area contributed by atoms with Crippen LogP contribution in [0.15, 0.2) is 66.7 Å². The van der Waals surface area contributed by atoms with E-state index in [1.807, 2.05) is 30.3 Å². The number of para-hydroxylation sites is 1. The highest BCUT2D eigenvalue weighted by atomic mass is 16.5. The van der Waals surface area contributed by atoms with E-state index < -0.39 is 5.91 Å². The minimum absolute atomic E-state index is 0.135. The Balaban J connectivity index is 1.91. The number of methoxy groups -OCH3 is 2. The Morgan fingerprint density at radius 3 is 1.97 bits per heavy atom. The number of carbonyl (C=O) groups excluding carboxylic acids is 3. The smallest absolute Gasteiger partial charge is 0.323 e. The maximum atomic E-state index is 12.5. The number of ketones is 1. The van der Waals surface area contributed by atoms with Crippen LogP contribution in [0.2, 0.25) is 0 Å². The molecular weight excluding hydrogens is 446 g/mol. The van der Waals surface area contributed by atoms with Gasteiger partial charge in [0.15, 0.2) is 17.3 Å². The second-order valence-electron chi connectivity index (χ2n) is 7.98. The van der Waals surface area contributed by atoms with Crippen molar-refractivity contribution in [3.8, 4) is 11.5 Å². The van der Waals surface area contributed by atoms with Crippen LogP contribution in [-0.4, -0.2) is 31.9 Å². The number of carbonyl (C=O) groups is 3. The van der Waals surface area contributed by atoms with E-state index >= 15 is 0 Å². The molecule has 35 heavy (non-hydrogen) atoms. The molecule has 3 aromatic carbocycles. The van der Waals surface area contributed by atoms with Crippen LogP contribution < -0.4 is 25.8 Å². The standard InChI is InChI=1S/C27H29N3O5/c1-17(31)22-15-24(34-2)25(35-3)16-23(22)21(13-14-26(28)32)18-9-11-20(12-10-18)30-27(33)29-19-7-5-4-6-8-19/h4-12,15-16,21H,13-14H2,1-3H3,(H2,28,32)(H2,29,30,33). The number of Topliss-reactive ketones (excluding diaryl/α,β-unsaturated/α-hetero) is 1. The number of nitrogens with one attached hydrogen (secondary N) is 2. The average molecular weight is 476 g/mol. The normalized spacial score (nSPS) is 11.3. The molecule has 0 aliphatic carbocycles. The first-order valence-corrected chi connectivity index (χ1v) is 11.1. The number of ether oxygens (including phenoxy) is 2. The summed E-state index contributed by atoms with van der Waals surface area (Å²) in [5.74, 6) is 0.0385. The topological polar surface area (TPSA) is 120 Å². The Morgan fingerprint density at radius 1 is 0.857 bits per heavy atom. The Labute approximate surface area is 204 Å². The van der Waals surface area contributed by atoms with E-state index in [-0.39, 0.29) is 24.2 Å². The molecule has 4 N–H and O–H groups in total. The Kier molecular flexibility index (Phi) is 8.45. The van der Waals surface area contributed by atoms with Crippen molar-refractivity contribution >= 4 is 29.1 Å². The van der Waals surface area contributed by atoms with Crippen LogP contribution in [0.5, 0.6) is 11.5 Å². The summed E-state index contributed by atoms with van der Waals surface area (Å²) in [6, 6.07) is 19.4. The molecule has 8 heteroatoms. The lowest BCUT2D eigenvalue weighted by atomic mass is 9.83. The third-order valence-corrected chi connectivity index (χ3v) is 5.59. The lowest BCUT2D eigenvalue weighted by Gasteiger charge is -2.22. The summed E-state index contributed by atoms with van der Waals surface area (Å²) in [7, 11) is 3.03. The molecule has 1 atom stereocenters. The number of anilines is 2. The maximum absolute atomic E-state index is 12.5. The van der Waals surface area contributed by atoms with Gasteiger partial charge in [0.2, 0.25) is 5.91 Å². The number of amides is 3. The molecule has 182 valence electrons. The number of nitrogens with two attached hydrogens (primary N) is 1. The Hall–Kier alpha value is -4.33. The Morgan fingerprint density at radius 2 is 1.43 bits per heavy atom. The molecule has 0 radical (unpaired) electrons. The average Bonchev–Trinajstić information content (AvgIpc) is 2.84. The van der Waals surface area contributed by atoms with E-state index in [1.165, 1.54) is 21.1 Å². The van der Waals surface area contributed by atoms with Crippen molar-refractivity contribution in [2.45, 2.75) is 25.7 Å². The third-order valence-electron chi connectivity index (χ3n) is 5.59. The van der Waals surface area contributed by atoms with Crippen LogP contribution in [0.1, 0.15) is 47.2 Å². The first-order chi connectivity index (χ1) is 16.8. The van der Waals surface area contributed by atoms with Crippen molar-refractivity contribution in [3.05, 3.63) is 83.4 Å². The maximum Gasteiger partial charge on any atom is 0.323 e. The van der Waals surface area contributed by atoms with Gasteiger partial charge in [-0.25, -0.2) is 4.79 Å². The molecular formula is C27H29N3O5. The van der Waals surface area contributed by atoms with Crippen LogP contribution in [0.4, 0.5) is 16.2 Å². The largest absolute Gasteiger partial charge is 0.493 e. The molecule has 0 saturated carbocycles. The fourth-order valence-corrected chi connectivity index (χ4v) is 3.89. The summed E-state index contributed by atoms with van der Waals surface area (Å²) in [5, 5.41) is 5.56. The number of primary amides is 1. The molecule has 1 unspecified atom stereocenters. The van der Waals surface area contributed by atoms with Gasteiger partial charge in [0.25, 0.3) is 0 Å². The molecule has 3 amide bonds. The van der Waals surface area contributed by atoms with Crippen LogP contribution in [-0.2, 0) is 4.79 Å². The molecule has 0 aromatic heterocycles. The number of rotatable bonds is 10. The van der Waals surface area contributed by atoms with E-state index in [0.29, 0.717) is 40.4 Å². The fraction of sp³-hybridized carbons (Fsp3) is 0.222. The molecule has 3 aromatic rings. The van der Waals surface area contributed by atoms with E-state index in [2.05, 4.69) is 10.6 Å². The lowest BCUT2D eigenvalue weighted by molar-refractivity contribution is -0.118. The summed E-state index contributed by atoms with van der Waals surface area (Å²) < 4.78 is 10.8. The van der Waals surface area contributed by atoms with Crippen LogP contribution >= 0.6 is 0 Å². The van der Waals surface area contributed by atoms with Gasteiger partial charge in [-0.15, -0.1) is 0 Å². The summed E-state index contributed by atoms with van der Waals surface area (Å²) >= 11 is 0. The number of benzene rings is 3. The van der Waals surface area contributed by atoms with Crippen molar-refractivity contribution in [3.63, 3.8) is 0 Å². The molecule has 0 bridgehead atoms. The van der Waals surface area contributed by atoms with E-state index in [0.717, 1.165) is 5.56 Å². The monoisotopic (exact) mass is 475 g/mol. The second kappa shape index (κ2) is 11.7. The van der Waals surface area contributed by atoms with E-state index in [9.17, 15) is 14.4 Å². The highest BCUT2D eigenvalue weighted by Crippen LogP contribution is 2.39. The van der Waals surface area contributed by atoms with Crippen LogP contribution in [0.25, 0.3) is 0 Å². The van der Waals surface area contributed by atoms with Crippen LogP contribution in [0.3, 0.4) is 0 Å². The summed E-state index contributed by atoms with van der Waals surface area (Å²) in [6.07, 6.45) is 0.530. The van der Waals surface area contributed by atoms with Crippen LogP contribution in [0, 0.1) is 0 Å². The highest BCUT2D eigenvalue weighted by molar-refractivity contribution is 5.99. The number of urea groups is 1. The van der Waals surface area contributed by atoms with Gasteiger partial charge in [-0.05, 0) is 60.9 Å². The van der Waals surface area contributed by atoms with Crippen molar-refractivity contribution in [1.29, 1.82) is 0 Å². The third kappa shape index (κ3) is 6.60. The number of hydrogen-bond acceptors (Lipinski definition) is 5. The molecule has 0 saturated heterocycles. The van der Waals surface area contributed by atoms with Crippen molar-refractivity contribution in [2.75, 3.05) is 24.9 Å². The zero-order chi connectivity index (χ0) is 25.4. The van der Waals surface area contributed by atoms with Gasteiger partial charge in [0.05, 0.1) is 14.2 Å². The van der Waals surface area contributed by atoms with Crippen molar-refractivity contribution in [2.24, 2.45) is 5.73 Å². The lowest BCUT2D eigenvalue weighted by Crippen LogP contribution is -2.19. The van der Waals surface area contributed by atoms with Gasteiger partial charge in [0.1, 0.15) is 0 Å². The minimum atomic E-state index is -0.435. The van der Waals surface area contributed by atoms with E-state index in [1.54, 1.807) is 36.4 Å². The summed E-state index contributed by atoms with van der Waals surface area (Å²) in [5.41, 5.74) is 8.74. The molecule has 0 spiro atoms. The fourth-order valence-electron chi connectivity index (χ4n) is 3.89. The summed E-state index contributed by atoms with van der Waals surface area (Å²) in [6.45, 7) is 1.48. The predicted octanol–water partition coefficient (Wildman–Crippen LogP) is 4.95. The molecule has 0 fully saturated rings. The highest BCUT2D eigenvalue weighted by Gasteiger charge is 2.23. The van der Waals surface area contributed by atoms with Gasteiger partial charge in [-0.3, -0.25) is 9.59 Å². The molecule has 3 rings (SSSR count). The Bertz CT molecular complexity index is 1190. The van der Waals surface area contributed by atoms with Gasteiger partial charge in [-0.2, -0.15) is 0 Å². The quantitative estimate of drug-likeness (QED) is 0.359. The summed E-state index contributed by atoms with van der Waals surface area (Å²) in [4.78, 5) is 36.4. The number of hydrogen-bond donors (Lipinski definition) is 3. The second-order valence-corrected chi connectivity index (χ2v) is 7.98. The molecule has 0 aliphatic rings. The first kappa shape index (κ1) is 25.3. The predicted molar refractivity (Wildman–Crippen MR) is 135 cm³/mol.